The maximum atomic E-state index is 12.5. The summed E-state index contributed by atoms with van der Waals surface area (Å²) in [5.74, 6) is -0.221. The van der Waals surface area contributed by atoms with E-state index in [1.165, 1.54) is 5.56 Å². The molecule has 1 aliphatic heterocycles. The second kappa shape index (κ2) is 7.00. The second-order valence-electron chi connectivity index (χ2n) is 7.61. The Hall–Kier alpha value is -2.93. The van der Waals surface area contributed by atoms with E-state index in [-0.39, 0.29) is 17.0 Å². The molecule has 1 amide bonds. The molecule has 1 aliphatic rings. The quantitative estimate of drug-likeness (QED) is 0.644. The molecule has 3 heterocycles. The van der Waals surface area contributed by atoms with E-state index in [1.54, 1.807) is 12.1 Å². The van der Waals surface area contributed by atoms with Crippen LogP contribution in [0.5, 0.6) is 0 Å². The standard InChI is InChI=1S/C20H23N5O2/c1-20(9-10-25(13-20)11-14-5-3-2-4-6-14)12-21-18(26)16-8-7-15-17(22-16)24-19(27)23-15/h2-8H,9-13H2,1H3,(H,21,26)(H2,22,23,24,27). The van der Waals surface area contributed by atoms with Crippen molar-refractivity contribution in [3.05, 3.63) is 64.2 Å². The van der Waals surface area contributed by atoms with Gasteiger partial charge in [0.15, 0.2) is 5.65 Å². The topological polar surface area (TPSA) is 93.9 Å². The lowest BCUT2D eigenvalue weighted by Gasteiger charge is -2.25. The van der Waals surface area contributed by atoms with E-state index in [4.69, 9.17) is 0 Å². The highest BCUT2D eigenvalue weighted by Gasteiger charge is 2.34. The zero-order chi connectivity index (χ0) is 18.9. The lowest BCUT2D eigenvalue weighted by Crippen LogP contribution is -2.38. The minimum absolute atomic E-state index is 0.0386. The van der Waals surface area contributed by atoms with Crippen LogP contribution in [-0.4, -0.2) is 45.4 Å². The van der Waals surface area contributed by atoms with Crippen molar-refractivity contribution >= 4 is 17.1 Å². The van der Waals surface area contributed by atoms with Crippen molar-refractivity contribution in [2.75, 3.05) is 19.6 Å². The number of nitrogens with one attached hydrogen (secondary N) is 3. The van der Waals surface area contributed by atoms with Crippen LogP contribution in [0.4, 0.5) is 0 Å². The van der Waals surface area contributed by atoms with Crippen LogP contribution >= 0.6 is 0 Å². The molecule has 0 spiro atoms. The number of hydrogen-bond donors (Lipinski definition) is 3. The number of fused-ring (bicyclic) bond motifs is 1. The number of nitrogens with zero attached hydrogens (tertiary/aromatic N) is 2. The summed E-state index contributed by atoms with van der Waals surface area (Å²) in [6, 6.07) is 13.8. The third kappa shape index (κ3) is 3.93. The van der Waals surface area contributed by atoms with Gasteiger partial charge in [-0.2, -0.15) is 0 Å². The molecular weight excluding hydrogens is 342 g/mol. The van der Waals surface area contributed by atoms with Gasteiger partial charge in [-0.1, -0.05) is 37.3 Å². The third-order valence-corrected chi connectivity index (χ3v) is 5.17. The summed E-state index contributed by atoms with van der Waals surface area (Å²) in [6.45, 7) is 5.71. The predicted octanol–water partition coefficient (Wildman–Crippen LogP) is 1.89. The van der Waals surface area contributed by atoms with Gasteiger partial charge in [-0.3, -0.25) is 14.7 Å². The average molecular weight is 365 g/mol. The van der Waals surface area contributed by atoms with Crippen LogP contribution < -0.4 is 11.0 Å². The smallest absolute Gasteiger partial charge is 0.325 e. The van der Waals surface area contributed by atoms with Crippen LogP contribution in [0.1, 0.15) is 29.4 Å². The van der Waals surface area contributed by atoms with Gasteiger partial charge in [0, 0.05) is 19.6 Å². The molecule has 4 rings (SSSR count). The van der Waals surface area contributed by atoms with E-state index in [2.05, 4.69) is 56.4 Å². The minimum Gasteiger partial charge on any atom is -0.350 e. The van der Waals surface area contributed by atoms with Crippen LogP contribution in [0, 0.1) is 5.41 Å². The number of benzene rings is 1. The molecule has 1 unspecified atom stereocenters. The molecule has 0 aliphatic carbocycles. The molecule has 0 bridgehead atoms. The van der Waals surface area contributed by atoms with Gasteiger partial charge >= 0.3 is 5.69 Å². The monoisotopic (exact) mass is 365 g/mol. The summed E-state index contributed by atoms with van der Waals surface area (Å²) in [7, 11) is 0. The van der Waals surface area contributed by atoms with Gasteiger partial charge in [0.05, 0.1) is 5.52 Å². The Morgan fingerprint density at radius 2 is 2.04 bits per heavy atom. The van der Waals surface area contributed by atoms with Gasteiger partial charge < -0.3 is 10.3 Å². The number of aromatic nitrogens is 3. The number of hydrogen-bond acceptors (Lipinski definition) is 4. The maximum Gasteiger partial charge on any atom is 0.325 e. The van der Waals surface area contributed by atoms with E-state index in [9.17, 15) is 9.59 Å². The third-order valence-electron chi connectivity index (χ3n) is 5.17. The molecule has 1 fully saturated rings. The molecule has 0 radical (unpaired) electrons. The molecule has 7 nitrogen and oxygen atoms in total. The lowest BCUT2D eigenvalue weighted by atomic mass is 9.90. The molecule has 3 N–H and O–H groups in total. The largest absolute Gasteiger partial charge is 0.350 e. The molecule has 140 valence electrons. The number of amides is 1. The number of H-pyrrole nitrogens is 2. The van der Waals surface area contributed by atoms with E-state index < -0.39 is 0 Å². The Morgan fingerprint density at radius 3 is 2.85 bits per heavy atom. The van der Waals surface area contributed by atoms with Crippen LogP contribution in [0.25, 0.3) is 11.2 Å². The van der Waals surface area contributed by atoms with Crippen molar-refractivity contribution in [3.63, 3.8) is 0 Å². The van der Waals surface area contributed by atoms with Crippen LogP contribution in [0.3, 0.4) is 0 Å². The Kier molecular flexibility index (Phi) is 4.53. The molecule has 1 atom stereocenters. The van der Waals surface area contributed by atoms with Gasteiger partial charge in [0.1, 0.15) is 5.69 Å². The Morgan fingerprint density at radius 1 is 1.22 bits per heavy atom. The molecule has 27 heavy (non-hydrogen) atoms. The van der Waals surface area contributed by atoms with E-state index in [1.807, 2.05) is 6.07 Å². The molecule has 0 saturated carbocycles. The first-order valence-corrected chi connectivity index (χ1v) is 9.14. The highest BCUT2D eigenvalue weighted by atomic mass is 16.2. The first kappa shape index (κ1) is 17.5. The molecule has 1 saturated heterocycles. The van der Waals surface area contributed by atoms with Crippen LogP contribution in [-0.2, 0) is 6.54 Å². The molecule has 2 aromatic heterocycles. The molecule has 7 heteroatoms. The summed E-state index contributed by atoms with van der Waals surface area (Å²) < 4.78 is 0. The van der Waals surface area contributed by atoms with Crippen molar-refractivity contribution in [2.24, 2.45) is 5.41 Å². The van der Waals surface area contributed by atoms with E-state index in [0.717, 1.165) is 26.1 Å². The molecule has 1 aromatic carbocycles. The zero-order valence-corrected chi connectivity index (χ0v) is 15.3. The number of likely N-dealkylation sites (tertiary alicyclic amines) is 1. The first-order chi connectivity index (χ1) is 13.0. The highest BCUT2D eigenvalue weighted by molar-refractivity contribution is 5.94. The number of pyridine rings is 1. The number of carbonyl (C=O) groups excluding carboxylic acids is 1. The first-order valence-electron chi connectivity index (χ1n) is 9.14. The molecule has 3 aromatic rings. The number of aromatic amines is 2. The van der Waals surface area contributed by atoms with Gasteiger partial charge in [-0.05, 0) is 36.1 Å². The summed E-state index contributed by atoms with van der Waals surface area (Å²) in [4.78, 5) is 35.6. The fraction of sp³-hybridized carbons (Fsp3) is 0.350. The number of imidazole rings is 1. The second-order valence-corrected chi connectivity index (χ2v) is 7.61. The van der Waals surface area contributed by atoms with E-state index in [0.29, 0.717) is 23.4 Å². The van der Waals surface area contributed by atoms with Crippen LogP contribution in [0.2, 0.25) is 0 Å². The minimum atomic E-state index is -0.327. The van der Waals surface area contributed by atoms with Crippen molar-refractivity contribution in [1.29, 1.82) is 0 Å². The van der Waals surface area contributed by atoms with Crippen molar-refractivity contribution < 1.29 is 4.79 Å². The van der Waals surface area contributed by atoms with Crippen LogP contribution in [0.15, 0.2) is 47.3 Å². The zero-order valence-electron chi connectivity index (χ0n) is 15.3. The van der Waals surface area contributed by atoms with Crippen molar-refractivity contribution in [2.45, 2.75) is 19.9 Å². The normalized spacial score (nSPS) is 20.2. The van der Waals surface area contributed by atoms with Gasteiger partial charge in [0.2, 0.25) is 0 Å². The fourth-order valence-corrected chi connectivity index (χ4v) is 3.67. The predicted molar refractivity (Wildman–Crippen MR) is 103 cm³/mol. The Bertz CT molecular complexity index is 1010. The summed E-state index contributed by atoms with van der Waals surface area (Å²) in [6.07, 6.45) is 1.04. The number of carbonyl (C=O) groups is 1. The lowest BCUT2D eigenvalue weighted by molar-refractivity contribution is 0.0929. The average Bonchev–Trinajstić information content (AvgIpc) is 3.22. The number of rotatable bonds is 5. The highest BCUT2D eigenvalue weighted by Crippen LogP contribution is 2.30. The molecular formula is C20H23N5O2. The summed E-state index contributed by atoms with van der Waals surface area (Å²) >= 11 is 0. The van der Waals surface area contributed by atoms with Gasteiger partial charge in [-0.15, -0.1) is 0 Å². The van der Waals surface area contributed by atoms with Gasteiger partial charge in [-0.25, -0.2) is 9.78 Å². The maximum absolute atomic E-state index is 12.5. The SMILES string of the molecule is CC1(CNC(=O)c2ccc3[nH]c(=O)[nH]c3n2)CCN(Cc2ccccc2)C1. The van der Waals surface area contributed by atoms with E-state index >= 15 is 0 Å². The summed E-state index contributed by atoms with van der Waals surface area (Å²) in [5.41, 5.74) is 2.32. The summed E-state index contributed by atoms with van der Waals surface area (Å²) in [5, 5.41) is 3.01. The fourth-order valence-electron chi connectivity index (χ4n) is 3.67. The van der Waals surface area contributed by atoms with Crippen molar-refractivity contribution in [1.82, 2.24) is 25.2 Å². The Balaban J connectivity index is 1.35. The van der Waals surface area contributed by atoms with Crippen molar-refractivity contribution in [3.8, 4) is 0 Å². The van der Waals surface area contributed by atoms with Gasteiger partial charge in [0.25, 0.3) is 5.91 Å². The Labute approximate surface area is 156 Å².